The Morgan fingerprint density at radius 2 is 2.04 bits per heavy atom. The molecule has 0 saturated carbocycles. The SMILES string of the molecule is COc1cccc(SCC(=O)Nc2ccc(OCC3CCCCO3)cc2)c1. The first kappa shape index (κ1) is 19.6. The van der Waals surface area contributed by atoms with Crippen molar-refractivity contribution in [3.05, 3.63) is 48.5 Å². The van der Waals surface area contributed by atoms with Gasteiger partial charge in [0.1, 0.15) is 18.1 Å². The highest BCUT2D eigenvalue weighted by Gasteiger charge is 2.14. The van der Waals surface area contributed by atoms with Crippen LogP contribution in [-0.4, -0.2) is 38.1 Å². The van der Waals surface area contributed by atoms with E-state index in [0.717, 1.165) is 41.5 Å². The van der Waals surface area contributed by atoms with Gasteiger partial charge in [-0.25, -0.2) is 0 Å². The number of benzene rings is 2. The Bertz CT molecular complexity index is 729. The summed E-state index contributed by atoms with van der Waals surface area (Å²) in [5.41, 5.74) is 0.757. The molecular weight excluding hydrogens is 362 g/mol. The molecule has 2 aromatic carbocycles. The number of rotatable bonds is 8. The second kappa shape index (κ2) is 10.2. The summed E-state index contributed by atoms with van der Waals surface area (Å²) in [4.78, 5) is 13.1. The summed E-state index contributed by atoms with van der Waals surface area (Å²) < 4.78 is 16.6. The van der Waals surface area contributed by atoms with Crippen LogP contribution in [0.25, 0.3) is 0 Å². The summed E-state index contributed by atoms with van der Waals surface area (Å²) in [5, 5.41) is 2.90. The second-order valence-corrected chi connectivity index (χ2v) is 7.39. The van der Waals surface area contributed by atoms with E-state index in [-0.39, 0.29) is 12.0 Å². The molecule has 1 N–H and O–H groups in total. The number of hydrogen-bond acceptors (Lipinski definition) is 5. The van der Waals surface area contributed by atoms with Crippen LogP contribution in [0.3, 0.4) is 0 Å². The average molecular weight is 388 g/mol. The molecule has 6 heteroatoms. The maximum Gasteiger partial charge on any atom is 0.234 e. The Balaban J connectivity index is 1.42. The Kier molecular flexibility index (Phi) is 7.42. The van der Waals surface area contributed by atoms with Crippen LogP contribution >= 0.6 is 11.8 Å². The normalized spacial score (nSPS) is 16.6. The lowest BCUT2D eigenvalue weighted by Gasteiger charge is -2.22. The lowest BCUT2D eigenvalue weighted by Crippen LogP contribution is -2.25. The van der Waals surface area contributed by atoms with Crippen LogP contribution in [0.2, 0.25) is 0 Å². The third-order valence-corrected chi connectivity index (χ3v) is 5.25. The summed E-state index contributed by atoms with van der Waals surface area (Å²) in [7, 11) is 1.63. The van der Waals surface area contributed by atoms with Crippen molar-refractivity contribution < 1.29 is 19.0 Å². The second-order valence-electron chi connectivity index (χ2n) is 6.34. The molecule has 1 atom stereocenters. The van der Waals surface area contributed by atoms with Gasteiger partial charge in [-0.15, -0.1) is 11.8 Å². The minimum atomic E-state index is -0.0490. The Morgan fingerprint density at radius 1 is 1.19 bits per heavy atom. The van der Waals surface area contributed by atoms with Gasteiger partial charge in [0.15, 0.2) is 0 Å². The molecule has 0 aliphatic carbocycles. The molecule has 1 fully saturated rings. The molecule has 3 rings (SSSR count). The van der Waals surface area contributed by atoms with Gasteiger partial charge in [-0.1, -0.05) is 6.07 Å². The predicted octanol–water partition coefficient (Wildman–Crippen LogP) is 4.37. The maximum absolute atomic E-state index is 12.1. The van der Waals surface area contributed by atoms with Gasteiger partial charge in [-0.2, -0.15) is 0 Å². The van der Waals surface area contributed by atoms with Crippen LogP contribution in [0, 0.1) is 0 Å². The van der Waals surface area contributed by atoms with Crippen LogP contribution < -0.4 is 14.8 Å². The highest BCUT2D eigenvalue weighted by Crippen LogP contribution is 2.23. The largest absolute Gasteiger partial charge is 0.497 e. The fraction of sp³-hybridized carbons (Fsp3) is 0.381. The van der Waals surface area contributed by atoms with Gasteiger partial charge >= 0.3 is 0 Å². The smallest absolute Gasteiger partial charge is 0.234 e. The van der Waals surface area contributed by atoms with Crippen molar-refractivity contribution in [1.29, 1.82) is 0 Å². The van der Waals surface area contributed by atoms with Crippen molar-refractivity contribution >= 4 is 23.4 Å². The lowest BCUT2D eigenvalue weighted by atomic mass is 10.1. The predicted molar refractivity (Wildman–Crippen MR) is 108 cm³/mol. The van der Waals surface area contributed by atoms with Crippen molar-refractivity contribution in [3.8, 4) is 11.5 Å². The number of thioether (sulfide) groups is 1. The number of amides is 1. The van der Waals surface area contributed by atoms with E-state index in [1.54, 1.807) is 7.11 Å². The summed E-state index contributed by atoms with van der Waals surface area (Å²) in [6, 6.07) is 15.1. The monoisotopic (exact) mass is 387 g/mol. The summed E-state index contributed by atoms with van der Waals surface area (Å²) >= 11 is 1.47. The van der Waals surface area contributed by atoms with Gasteiger partial charge in [0, 0.05) is 17.2 Å². The summed E-state index contributed by atoms with van der Waals surface area (Å²) in [5.74, 6) is 1.86. The van der Waals surface area contributed by atoms with Gasteiger partial charge in [-0.05, 0) is 61.7 Å². The third-order valence-electron chi connectivity index (χ3n) is 4.26. The van der Waals surface area contributed by atoms with Crippen molar-refractivity contribution in [3.63, 3.8) is 0 Å². The molecule has 1 unspecified atom stereocenters. The zero-order valence-electron chi connectivity index (χ0n) is 15.5. The van der Waals surface area contributed by atoms with Crippen LogP contribution in [-0.2, 0) is 9.53 Å². The van der Waals surface area contributed by atoms with Gasteiger partial charge in [0.25, 0.3) is 0 Å². The first-order valence-corrected chi connectivity index (χ1v) is 10.1. The van der Waals surface area contributed by atoms with E-state index in [1.165, 1.54) is 18.2 Å². The number of hydrogen-bond donors (Lipinski definition) is 1. The van der Waals surface area contributed by atoms with Crippen LogP contribution in [0.4, 0.5) is 5.69 Å². The number of methoxy groups -OCH3 is 1. The third kappa shape index (κ3) is 6.48. The summed E-state index contributed by atoms with van der Waals surface area (Å²) in [6.45, 7) is 1.40. The molecule has 1 saturated heterocycles. The first-order chi connectivity index (χ1) is 13.2. The Morgan fingerprint density at radius 3 is 2.78 bits per heavy atom. The molecular formula is C21H25NO4S. The van der Waals surface area contributed by atoms with Crippen molar-refractivity contribution in [1.82, 2.24) is 0 Å². The number of nitrogens with one attached hydrogen (secondary N) is 1. The van der Waals surface area contributed by atoms with Gasteiger partial charge in [-0.3, -0.25) is 4.79 Å². The van der Waals surface area contributed by atoms with E-state index in [2.05, 4.69) is 5.32 Å². The molecule has 0 aromatic heterocycles. The summed E-state index contributed by atoms with van der Waals surface area (Å²) in [6.07, 6.45) is 3.58. The fourth-order valence-corrected chi connectivity index (χ4v) is 3.54. The van der Waals surface area contributed by atoms with E-state index in [9.17, 15) is 4.79 Å². The van der Waals surface area contributed by atoms with Crippen LogP contribution in [0.15, 0.2) is 53.4 Å². The Labute approximate surface area is 164 Å². The number of anilines is 1. The highest BCUT2D eigenvalue weighted by atomic mass is 32.2. The van der Waals surface area contributed by atoms with Crippen molar-refractivity contribution in [2.45, 2.75) is 30.3 Å². The van der Waals surface area contributed by atoms with Crippen LogP contribution in [0.5, 0.6) is 11.5 Å². The topological polar surface area (TPSA) is 56.8 Å². The molecule has 0 spiro atoms. The molecule has 0 bridgehead atoms. The Hall–Kier alpha value is -2.18. The standard InChI is InChI=1S/C21H25NO4S/c1-24-18-6-4-7-20(13-18)27-15-21(23)22-16-8-10-17(11-9-16)26-14-19-5-2-3-12-25-19/h4,6-11,13,19H,2-3,5,12,14-15H2,1H3,(H,22,23). The highest BCUT2D eigenvalue weighted by molar-refractivity contribution is 8.00. The van der Waals surface area contributed by atoms with Gasteiger partial charge in [0.2, 0.25) is 5.91 Å². The molecule has 2 aromatic rings. The van der Waals surface area contributed by atoms with Crippen molar-refractivity contribution in [2.24, 2.45) is 0 Å². The number of ether oxygens (including phenoxy) is 3. The van der Waals surface area contributed by atoms with E-state index < -0.39 is 0 Å². The lowest BCUT2D eigenvalue weighted by molar-refractivity contribution is -0.113. The van der Waals surface area contributed by atoms with Gasteiger partial charge < -0.3 is 19.5 Å². The molecule has 1 aliphatic heterocycles. The zero-order valence-corrected chi connectivity index (χ0v) is 16.3. The molecule has 1 aliphatic rings. The van der Waals surface area contributed by atoms with E-state index in [4.69, 9.17) is 14.2 Å². The van der Waals surface area contributed by atoms with Crippen LogP contribution in [0.1, 0.15) is 19.3 Å². The molecule has 27 heavy (non-hydrogen) atoms. The van der Waals surface area contributed by atoms with E-state index in [1.807, 2.05) is 48.5 Å². The minimum absolute atomic E-state index is 0.0490. The quantitative estimate of drug-likeness (QED) is 0.682. The van der Waals surface area contributed by atoms with Gasteiger partial charge in [0.05, 0.1) is 19.0 Å². The minimum Gasteiger partial charge on any atom is -0.497 e. The number of carbonyl (C=O) groups excluding carboxylic acids is 1. The number of carbonyl (C=O) groups is 1. The first-order valence-electron chi connectivity index (χ1n) is 9.14. The molecule has 1 amide bonds. The van der Waals surface area contributed by atoms with Crippen molar-refractivity contribution in [2.75, 3.05) is 31.4 Å². The zero-order chi connectivity index (χ0) is 18.9. The molecule has 5 nitrogen and oxygen atoms in total. The van der Waals surface area contributed by atoms with E-state index >= 15 is 0 Å². The van der Waals surface area contributed by atoms with E-state index in [0.29, 0.717) is 12.4 Å². The average Bonchev–Trinajstić information content (AvgIpc) is 2.73. The maximum atomic E-state index is 12.1. The molecule has 144 valence electrons. The fourth-order valence-electron chi connectivity index (χ4n) is 2.80. The molecule has 0 radical (unpaired) electrons. The molecule has 1 heterocycles.